The minimum Gasteiger partial charge on any atom is -0.508 e. The molecule has 1 aromatic rings. The first kappa shape index (κ1) is 12.9. The van der Waals surface area contributed by atoms with Crippen molar-refractivity contribution in [3.63, 3.8) is 0 Å². The second kappa shape index (κ2) is 6.37. The van der Waals surface area contributed by atoms with Crippen LogP contribution in [-0.2, 0) is 9.53 Å². The van der Waals surface area contributed by atoms with E-state index >= 15 is 0 Å². The number of carbonyl (C=O) groups is 1. The Hall–Kier alpha value is -1.59. The number of phenolic OH excluding ortho intramolecular Hbond substituents is 1. The number of morpholine rings is 1. The summed E-state index contributed by atoms with van der Waals surface area (Å²) in [7, 11) is 0. The van der Waals surface area contributed by atoms with E-state index in [2.05, 4.69) is 10.2 Å². The van der Waals surface area contributed by atoms with Crippen molar-refractivity contribution >= 4 is 11.6 Å². The van der Waals surface area contributed by atoms with Crippen molar-refractivity contribution in [1.29, 1.82) is 0 Å². The molecule has 1 aromatic carbocycles. The molecule has 1 fully saturated rings. The Labute approximate surface area is 106 Å². The molecule has 1 aliphatic heterocycles. The van der Waals surface area contributed by atoms with Gasteiger partial charge in [-0.15, -0.1) is 0 Å². The molecule has 2 rings (SSSR count). The monoisotopic (exact) mass is 250 g/mol. The number of carbonyl (C=O) groups excluding carboxylic acids is 1. The molecule has 0 unspecified atom stereocenters. The molecule has 2 N–H and O–H groups in total. The Morgan fingerprint density at radius 1 is 1.28 bits per heavy atom. The summed E-state index contributed by atoms with van der Waals surface area (Å²) < 4.78 is 5.25. The van der Waals surface area contributed by atoms with Gasteiger partial charge in [-0.2, -0.15) is 0 Å². The highest BCUT2D eigenvalue weighted by atomic mass is 16.5. The van der Waals surface area contributed by atoms with E-state index in [9.17, 15) is 4.79 Å². The maximum Gasteiger partial charge on any atom is 0.225 e. The molecule has 0 atom stereocenters. The minimum absolute atomic E-state index is 0.00724. The summed E-state index contributed by atoms with van der Waals surface area (Å²) >= 11 is 0. The summed E-state index contributed by atoms with van der Waals surface area (Å²) in [5, 5.41) is 11.9. The first-order valence-electron chi connectivity index (χ1n) is 6.13. The molecule has 1 amide bonds. The van der Waals surface area contributed by atoms with Crippen LogP contribution in [0.2, 0.25) is 0 Å². The van der Waals surface area contributed by atoms with Gasteiger partial charge in [-0.05, 0) is 24.3 Å². The van der Waals surface area contributed by atoms with Crippen LogP contribution < -0.4 is 5.32 Å². The van der Waals surface area contributed by atoms with Crippen LogP contribution in [0, 0.1) is 0 Å². The smallest absolute Gasteiger partial charge is 0.225 e. The first-order valence-corrected chi connectivity index (χ1v) is 6.13. The van der Waals surface area contributed by atoms with E-state index in [4.69, 9.17) is 9.84 Å². The van der Waals surface area contributed by atoms with E-state index < -0.39 is 0 Å². The predicted molar refractivity (Wildman–Crippen MR) is 68.6 cm³/mol. The van der Waals surface area contributed by atoms with Crippen LogP contribution in [0.4, 0.5) is 5.69 Å². The third-order valence-electron chi connectivity index (χ3n) is 2.91. The Morgan fingerprint density at radius 2 is 1.94 bits per heavy atom. The highest BCUT2D eigenvalue weighted by Gasteiger charge is 2.11. The van der Waals surface area contributed by atoms with E-state index in [0.717, 1.165) is 32.8 Å². The molecule has 5 nitrogen and oxygen atoms in total. The van der Waals surface area contributed by atoms with Gasteiger partial charge in [0.1, 0.15) is 5.75 Å². The standard InChI is InChI=1S/C13H18N2O3/c16-12-3-1-11(2-4-12)14-13(17)5-6-15-7-9-18-10-8-15/h1-4,16H,5-10H2,(H,14,17). The largest absolute Gasteiger partial charge is 0.508 e. The third-order valence-corrected chi connectivity index (χ3v) is 2.91. The van der Waals surface area contributed by atoms with Crippen LogP contribution in [-0.4, -0.2) is 48.8 Å². The second-order valence-corrected chi connectivity index (χ2v) is 4.30. The maximum absolute atomic E-state index is 11.7. The number of anilines is 1. The fourth-order valence-electron chi connectivity index (χ4n) is 1.85. The lowest BCUT2D eigenvalue weighted by atomic mass is 10.3. The zero-order valence-electron chi connectivity index (χ0n) is 10.3. The molecule has 1 saturated heterocycles. The fourth-order valence-corrected chi connectivity index (χ4v) is 1.85. The predicted octanol–water partition coefficient (Wildman–Crippen LogP) is 1.05. The van der Waals surface area contributed by atoms with Crippen LogP contribution in [0.5, 0.6) is 5.75 Å². The number of rotatable bonds is 4. The lowest BCUT2D eigenvalue weighted by Gasteiger charge is -2.26. The van der Waals surface area contributed by atoms with Crippen molar-refractivity contribution in [2.45, 2.75) is 6.42 Å². The molecule has 98 valence electrons. The number of aromatic hydroxyl groups is 1. The highest BCUT2D eigenvalue weighted by Crippen LogP contribution is 2.13. The van der Waals surface area contributed by atoms with Crippen LogP contribution in [0.25, 0.3) is 0 Å². The van der Waals surface area contributed by atoms with Crippen molar-refractivity contribution in [2.24, 2.45) is 0 Å². The summed E-state index contributed by atoms with van der Waals surface area (Å²) in [6, 6.07) is 6.47. The van der Waals surface area contributed by atoms with E-state index in [1.165, 1.54) is 0 Å². The van der Waals surface area contributed by atoms with Gasteiger partial charge in [0.05, 0.1) is 13.2 Å². The van der Waals surface area contributed by atoms with Gasteiger partial charge in [-0.25, -0.2) is 0 Å². The second-order valence-electron chi connectivity index (χ2n) is 4.30. The summed E-state index contributed by atoms with van der Waals surface area (Å²) in [5.74, 6) is 0.188. The number of nitrogens with zero attached hydrogens (tertiary/aromatic N) is 1. The molecule has 5 heteroatoms. The lowest BCUT2D eigenvalue weighted by Crippen LogP contribution is -2.38. The average Bonchev–Trinajstić information content (AvgIpc) is 2.40. The zero-order valence-corrected chi connectivity index (χ0v) is 10.3. The average molecular weight is 250 g/mol. The lowest BCUT2D eigenvalue weighted by molar-refractivity contribution is -0.116. The van der Waals surface area contributed by atoms with Gasteiger partial charge in [0, 0.05) is 31.7 Å². The van der Waals surface area contributed by atoms with Gasteiger partial charge >= 0.3 is 0 Å². The number of phenols is 1. The highest BCUT2D eigenvalue weighted by molar-refractivity contribution is 5.90. The van der Waals surface area contributed by atoms with E-state index in [0.29, 0.717) is 12.1 Å². The topological polar surface area (TPSA) is 61.8 Å². The van der Waals surface area contributed by atoms with Gasteiger partial charge in [-0.3, -0.25) is 9.69 Å². The molecule has 0 aromatic heterocycles. The third kappa shape index (κ3) is 4.01. The molecular formula is C13H18N2O3. The number of benzene rings is 1. The summed E-state index contributed by atoms with van der Waals surface area (Å²) in [4.78, 5) is 13.9. The number of amides is 1. The van der Waals surface area contributed by atoms with Gasteiger partial charge in [-0.1, -0.05) is 0 Å². The van der Waals surface area contributed by atoms with E-state index in [1.807, 2.05) is 0 Å². The maximum atomic E-state index is 11.7. The van der Waals surface area contributed by atoms with Gasteiger partial charge in [0.25, 0.3) is 0 Å². The molecule has 0 saturated carbocycles. The van der Waals surface area contributed by atoms with Crippen LogP contribution in [0.15, 0.2) is 24.3 Å². The Balaban J connectivity index is 1.73. The zero-order chi connectivity index (χ0) is 12.8. The van der Waals surface area contributed by atoms with Crippen molar-refractivity contribution in [3.8, 4) is 5.75 Å². The molecular weight excluding hydrogens is 232 g/mol. The molecule has 1 heterocycles. The summed E-state index contributed by atoms with van der Waals surface area (Å²) in [6.07, 6.45) is 0.473. The Bertz CT molecular complexity index is 386. The number of ether oxygens (including phenoxy) is 1. The SMILES string of the molecule is O=C(CCN1CCOCC1)Nc1ccc(O)cc1. The molecule has 18 heavy (non-hydrogen) atoms. The normalized spacial score (nSPS) is 16.4. The van der Waals surface area contributed by atoms with Crippen LogP contribution in [0.1, 0.15) is 6.42 Å². The summed E-state index contributed by atoms with van der Waals surface area (Å²) in [5.41, 5.74) is 0.708. The van der Waals surface area contributed by atoms with Crippen LogP contribution in [0.3, 0.4) is 0 Å². The molecule has 0 spiro atoms. The summed E-state index contributed by atoms with van der Waals surface area (Å²) in [6.45, 7) is 4.05. The van der Waals surface area contributed by atoms with Crippen molar-refractivity contribution < 1.29 is 14.6 Å². The fraction of sp³-hybridized carbons (Fsp3) is 0.462. The molecule has 0 bridgehead atoms. The van der Waals surface area contributed by atoms with Crippen molar-refractivity contribution in [2.75, 3.05) is 38.2 Å². The van der Waals surface area contributed by atoms with Gasteiger partial charge in [0.2, 0.25) is 5.91 Å². The molecule has 0 radical (unpaired) electrons. The van der Waals surface area contributed by atoms with E-state index in [1.54, 1.807) is 24.3 Å². The van der Waals surface area contributed by atoms with Crippen LogP contribution >= 0.6 is 0 Å². The number of nitrogens with one attached hydrogen (secondary N) is 1. The Morgan fingerprint density at radius 3 is 2.61 bits per heavy atom. The van der Waals surface area contributed by atoms with Crippen molar-refractivity contribution in [3.05, 3.63) is 24.3 Å². The minimum atomic E-state index is -0.00724. The first-order chi connectivity index (χ1) is 8.74. The quantitative estimate of drug-likeness (QED) is 0.784. The van der Waals surface area contributed by atoms with Crippen molar-refractivity contribution in [1.82, 2.24) is 4.90 Å². The number of hydrogen-bond acceptors (Lipinski definition) is 4. The van der Waals surface area contributed by atoms with E-state index in [-0.39, 0.29) is 11.7 Å². The Kier molecular flexibility index (Phi) is 4.55. The number of hydrogen-bond donors (Lipinski definition) is 2. The van der Waals surface area contributed by atoms with Gasteiger partial charge < -0.3 is 15.2 Å². The molecule has 1 aliphatic rings. The molecule has 0 aliphatic carbocycles. The van der Waals surface area contributed by atoms with Gasteiger partial charge in [0.15, 0.2) is 0 Å².